The van der Waals surface area contributed by atoms with Crippen LogP contribution in [0.5, 0.6) is 11.5 Å². The molecule has 0 unspecified atom stereocenters. The fourth-order valence-electron chi connectivity index (χ4n) is 3.12. The molecule has 2 amide bonds. The Hall–Kier alpha value is -3.81. The van der Waals surface area contributed by atoms with Gasteiger partial charge < -0.3 is 19.8 Å². The van der Waals surface area contributed by atoms with Gasteiger partial charge in [0.05, 0.1) is 12.8 Å². The molecule has 0 aliphatic carbocycles. The molecule has 1 aromatic heterocycles. The number of carbonyl (C=O) groups is 2. The first-order chi connectivity index (χ1) is 14.1. The van der Waals surface area contributed by atoms with Crippen LogP contribution >= 0.6 is 0 Å². The molecule has 1 aliphatic rings. The minimum atomic E-state index is -0.426. The molecule has 148 valence electrons. The van der Waals surface area contributed by atoms with Gasteiger partial charge >= 0.3 is 0 Å². The molecule has 0 saturated heterocycles. The summed E-state index contributed by atoms with van der Waals surface area (Å²) in [7, 11) is 0. The zero-order valence-corrected chi connectivity index (χ0v) is 15.8. The van der Waals surface area contributed by atoms with E-state index in [9.17, 15) is 9.59 Å². The summed E-state index contributed by atoms with van der Waals surface area (Å²) in [4.78, 5) is 27.5. The first kappa shape index (κ1) is 18.5. The summed E-state index contributed by atoms with van der Waals surface area (Å²) in [6.45, 7) is 2.67. The van der Waals surface area contributed by atoms with Crippen LogP contribution in [0.3, 0.4) is 0 Å². The average Bonchev–Trinajstić information content (AvgIpc) is 3.07. The predicted molar refractivity (Wildman–Crippen MR) is 109 cm³/mol. The number of fused-ring (bicyclic) bond motifs is 2. The largest absolute Gasteiger partial charge is 0.486 e. The molecule has 8 heteroatoms. The van der Waals surface area contributed by atoms with Crippen molar-refractivity contribution < 1.29 is 19.1 Å². The number of amides is 2. The Morgan fingerprint density at radius 1 is 1.14 bits per heavy atom. The van der Waals surface area contributed by atoms with Crippen LogP contribution in [0, 0.1) is 6.92 Å². The van der Waals surface area contributed by atoms with E-state index < -0.39 is 5.91 Å². The minimum absolute atomic E-state index is 0.197. The number of nitrogens with zero attached hydrogens (tertiary/aromatic N) is 1. The van der Waals surface area contributed by atoms with Crippen molar-refractivity contribution >= 4 is 28.9 Å². The van der Waals surface area contributed by atoms with Gasteiger partial charge in [0.2, 0.25) is 0 Å². The third-order valence-electron chi connectivity index (χ3n) is 4.54. The van der Waals surface area contributed by atoms with E-state index in [4.69, 9.17) is 9.47 Å². The van der Waals surface area contributed by atoms with Crippen molar-refractivity contribution in [2.24, 2.45) is 5.10 Å². The average molecular weight is 392 g/mol. The summed E-state index contributed by atoms with van der Waals surface area (Å²) in [5, 5.41) is 7.59. The van der Waals surface area contributed by atoms with Crippen molar-refractivity contribution in [3.8, 4) is 11.5 Å². The summed E-state index contributed by atoms with van der Waals surface area (Å²) in [6, 6.07) is 12.8. The number of hydrazone groups is 1. The van der Waals surface area contributed by atoms with Crippen LogP contribution < -0.4 is 20.2 Å². The van der Waals surface area contributed by atoms with E-state index in [0.717, 1.165) is 22.2 Å². The topological polar surface area (TPSA) is 105 Å². The van der Waals surface area contributed by atoms with Gasteiger partial charge in [0.15, 0.2) is 11.5 Å². The van der Waals surface area contributed by atoms with Crippen LogP contribution in [0.2, 0.25) is 0 Å². The Balaban J connectivity index is 1.32. The maximum Gasteiger partial charge on any atom is 0.259 e. The van der Waals surface area contributed by atoms with Gasteiger partial charge in [-0.1, -0.05) is 18.2 Å². The second-order valence-corrected chi connectivity index (χ2v) is 6.54. The lowest BCUT2D eigenvalue weighted by Gasteiger charge is -2.18. The molecule has 1 aliphatic heterocycles. The van der Waals surface area contributed by atoms with Gasteiger partial charge in [0.1, 0.15) is 13.2 Å². The fraction of sp³-hybridized carbons (Fsp3) is 0.190. The number of H-pyrrole nitrogens is 1. The Bertz CT molecular complexity index is 1100. The van der Waals surface area contributed by atoms with Crippen LogP contribution in [-0.2, 0) is 4.79 Å². The fourth-order valence-corrected chi connectivity index (χ4v) is 3.12. The molecule has 0 fully saturated rings. The molecule has 3 aromatic rings. The molecule has 4 rings (SSSR count). The van der Waals surface area contributed by atoms with Crippen molar-refractivity contribution in [3.63, 3.8) is 0 Å². The molecule has 8 nitrogen and oxygen atoms in total. The van der Waals surface area contributed by atoms with Gasteiger partial charge in [-0.05, 0) is 31.2 Å². The number of hydrogen-bond donors (Lipinski definition) is 3. The highest BCUT2D eigenvalue weighted by Crippen LogP contribution is 2.30. The SMILES string of the molecule is Cc1[nH]c2ccccc2c1/C=N\NC(=O)CNC(=O)c1ccc2c(c1)OCCO2. The molecule has 0 atom stereocenters. The number of ether oxygens (including phenoxy) is 2. The Labute approximate surface area is 166 Å². The second kappa shape index (κ2) is 8.05. The van der Waals surface area contributed by atoms with Gasteiger partial charge in [0.25, 0.3) is 11.8 Å². The summed E-state index contributed by atoms with van der Waals surface area (Å²) < 4.78 is 10.9. The lowest BCUT2D eigenvalue weighted by Crippen LogP contribution is -2.35. The quantitative estimate of drug-likeness (QED) is 0.457. The zero-order chi connectivity index (χ0) is 20.2. The molecule has 0 bridgehead atoms. The van der Waals surface area contributed by atoms with Crippen molar-refractivity contribution in [2.75, 3.05) is 19.8 Å². The molecular weight excluding hydrogens is 372 g/mol. The van der Waals surface area contributed by atoms with E-state index in [-0.39, 0.29) is 12.5 Å². The monoisotopic (exact) mass is 392 g/mol. The Morgan fingerprint density at radius 2 is 1.93 bits per heavy atom. The smallest absolute Gasteiger partial charge is 0.259 e. The molecule has 29 heavy (non-hydrogen) atoms. The first-order valence-electron chi connectivity index (χ1n) is 9.19. The normalized spacial score (nSPS) is 12.9. The van der Waals surface area contributed by atoms with Crippen molar-refractivity contribution in [1.29, 1.82) is 0 Å². The van der Waals surface area contributed by atoms with Crippen LogP contribution in [0.25, 0.3) is 10.9 Å². The highest BCUT2D eigenvalue weighted by Gasteiger charge is 2.15. The van der Waals surface area contributed by atoms with E-state index >= 15 is 0 Å². The molecule has 0 radical (unpaired) electrons. The summed E-state index contributed by atoms with van der Waals surface area (Å²) >= 11 is 0. The molecule has 2 aromatic carbocycles. The van der Waals surface area contributed by atoms with Crippen LogP contribution in [0.15, 0.2) is 47.6 Å². The standard InChI is InChI=1S/C21H20N4O4/c1-13-16(15-4-2-3-5-17(15)24-13)11-23-25-20(26)12-22-21(27)14-6-7-18-19(10-14)29-9-8-28-18/h2-7,10-11,24H,8-9,12H2,1H3,(H,22,27)(H,25,26)/b23-11-. The van der Waals surface area contributed by atoms with Gasteiger partial charge in [-0.3, -0.25) is 9.59 Å². The number of hydrogen-bond acceptors (Lipinski definition) is 5. The van der Waals surface area contributed by atoms with E-state index in [2.05, 4.69) is 20.8 Å². The number of aromatic nitrogens is 1. The number of benzene rings is 2. The minimum Gasteiger partial charge on any atom is -0.486 e. The highest BCUT2D eigenvalue weighted by molar-refractivity contribution is 6.01. The summed E-state index contributed by atoms with van der Waals surface area (Å²) in [5.74, 6) is 0.317. The number of rotatable bonds is 5. The molecule has 3 N–H and O–H groups in total. The predicted octanol–water partition coefficient (Wildman–Crippen LogP) is 2.13. The maximum atomic E-state index is 12.3. The van der Waals surface area contributed by atoms with Crippen LogP contribution in [0.1, 0.15) is 21.6 Å². The molecule has 0 saturated carbocycles. The first-order valence-corrected chi connectivity index (χ1v) is 9.19. The second-order valence-electron chi connectivity index (χ2n) is 6.54. The van der Waals surface area contributed by atoms with Gasteiger partial charge in [-0.2, -0.15) is 5.10 Å². The Kier molecular flexibility index (Phi) is 5.15. The van der Waals surface area contributed by atoms with E-state index in [1.54, 1.807) is 24.4 Å². The lowest BCUT2D eigenvalue weighted by atomic mass is 10.1. The lowest BCUT2D eigenvalue weighted by molar-refractivity contribution is -0.120. The van der Waals surface area contributed by atoms with Crippen molar-refractivity contribution in [1.82, 2.24) is 15.7 Å². The molecular formula is C21H20N4O4. The van der Waals surface area contributed by atoms with Gasteiger partial charge in [-0.25, -0.2) is 5.43 Å². The van der Waals surface area contributed by atoms with Crippen LogP contribution in [-0.4, -0.2) is 42.8 Å². The van der Waals surface area contributed by atoms with E-state index in [0.29, 0.717) is 30.3 Å². The van der Waals surface area contributed by atoms with Crippen molar-refractivity contribution in [2.45, 2.75) is 6.92 Å². The molecule has 2 heterocycles. The number of para-hydroxylation sites is 1. The number of carbonyl (C=O) groups excluding carboxylic acids is 2. The Morgan fingerprint density at radius 3 is 2.79 bits per heavy atom. The number of aryl methyl sites for hydroxylation is 1. The number of nitrogens with one attached hydrogen (secondary N) is 3. The zero-order valence-electron chi connectivity index (χ0n) is 15.8. The molecule has 0 spiro atoms. The third-order valence-corrected chi connectivity index (χ3v) is 4.54. The number of aromatic amines is 1. The summed E-state index contributed by atoms with van der Waals surface area (Å²) in [6.07, 6.45) is 1.59. The third kappa shape index (κ3) is 4.06. The van der Waals surface area contributed by atoms with Crippen LogP contribution in [0.4, 0.5) is 0 Å². The summed E-state index contributed by atoms with van der Waals surface area (Å²) in [5.41, 5.74) is 5.68. The van der Waals surface area contributed by atoms with E-state index in [1.165, 1.54) is 0 Å². The van der Waals surface area contributed by atoms with E-state index in [1.807, 2.05) is 31.2 Å². The highest BCUT2D eigenvalue weighted by atomic mass is 16.6. The van der Waals surface area contributed by atoms with Crippen molar-refractivity contribution in [3.05, 3.63) is 59.3 Å². The van der Waals surface area contributed by atoms with Gasteiger partial charge in [0, 0.05) is 27.7 Å². The van der Waals surface area contributed by atoms with Gasteiger partial charge in [-0.15, -0.1) is 0 Å². The maximum absolute atomic E-state index is 12.3.